The van der Waals surface area contributed by atoms with Gasteiger partial charge in [0.25, 0.3) is 0 Å². The lowest BCUT2D eigenvalue weighted by Crippen LogP contribution is -2.34. The molecule has 0 fully saturated rings. The zero-order chi connectivity index (χ0) is 16.6. The van der Waals surface area contributed by atoms with Gasteiger partial charge in [-0.3, -0.25) is 9.58 Å². The normalized spacial score (nSPS) is 14.7. The fourth-order valence-corrected chi connectivity index (χ4v) is 3.32. The molecule has 130 valence electrons. The molecule has 24 heavy (non-hydrogen) atoms. The maximum atomic E-state index is 4.79. The molecule has 1 N–H and O–H groups in total. The molecule has 1 aliphatic heterocycles. The molecule has 2 heterocycles. The van der Waals surface area contributed by atoms with E-state index >= 15 is 0 Å². The number of benzene rings is 1. The van der Waals surface area contributed by atoms with Gasteiger partial charge < -0.3 is 5.32 Å². The van der Waals surface area contributed by atoms with Gasteiger partial charge in [0, 0.05) is 31.7 Å². The maximum absolute atomic E-state index is 4.79. The summed E-state index contributed by atoms with van der Waals surface area (Å²) in [7, 11) is 0. The number of nitrogens with one attached hydrogen (secondary N) is 1. The van der Waals surface area contributed by atoms with E-state index in [2.05, 4.69) is 58.2 Å². The first kappa shape index (κ1) is 17.2. The first-order chi connectivity index (χ1) is 11.8. The van der Waals surface area contributed by atoms with Gasteiger partial charge in [0.2, 0.25) is 0 Å². The van der Waals surface area contributed by atoms with Gasteiger partial charge in [-0.15, -0.1) is 0 Å². The molecule has 0 aliphatic carbocycles. The molecular formula is C20H30N4. The van der Waals surface area contributed by atoms with Gasteiger partial charge in [-0.05, 0) is 24.6 Å². The van der Waals surface area contributed by atoms with Crippen LogP contribution in [0, 0.1) is 0 Å². The van der Waals surface area contributed by atoms with E-state index in [1.165, 1.54) is 42.6 Å². The van der Waals surface area contributed by atoms with Crippen molar-refractivity contribution in [3.63, 3.8) is 0 Å². The third kappa shape index (κ3) is 4.92. The molecule has 4 heteroatoms. The lowest BCUT2D eigenvalue weighted by molar-refractivity contribution is 0.173. The number of hydrogen-bond acceptors (Lipinski definition) is 3. The van der Waals surface area contributed by atoms with Crippen molar-refractivity contribution in [1.82, 2.24) is 20.0 Å². The number of rotatable bonds is 9. The van der Waals surface area contributed by atoms with E-state index in [-0.39, 0.29) is 0 Å². The summed E-state index contributed by atoms with van der Waals surface area (Å²) in [6.45, 7) is 7.27. The van der Waals surface area contributed by atoms with Gasteiger partial charge in [-0.1, -0.05) is 56.5 Å². The summed E-state index contributed by atoms with van der Waals surface area (Å²) in [4.78, 5) is 2.47. The van der Waals surface area contributed by atoms with Crippen LogP contribution in [0.4, 0.5) is 0 Å². The number of unbranched alkanes of at least 4 members (excludes halogenated alkanes) is 3. The summed E-state index contributed by atoms with van der Waals surface area (Å²) in [5, 5.41) is 8.32. The topological polar surface area (TPSA) is 33.1 Å². The Hall–Kier alpha value is -1.65. The number of aromatic nitrogens is 2. The van der Waals surface area contributed by atoms with Crippen LogP contribution in [0.3, 0.4) is 0 Å². The Bertz CT molecular complexity index is 605. The van der Waals surface area contributed by atoms with Crippen LogP contribution in [0.15, 0.2) is 36.4 Å². The zero-order valence-corrected chi connectivity index (χ0v) is 14.9. The molecule has 0 saturated heterocycles. The maximum Gasteiger partial charge on any atom is 0.0935 e. The van der Waals surface area contributed by atoms with E-state index in [9.17, 15) is 0 Å². The number of hydrogen-bond donors (Lipinski definition) is 1. The lowest BCUT2D eigenvalue weighted by Gasteiger charge is -2.27. The first-order valence-corrected chi connectivity index (χ1v) is 9.38. The van der Waals surface area contributed by atoms with Crippen molar-refractivity contribution in [3.05, 3.63) is 53.3 Å². The van der Waals surface area contributed by atoms with Crippen LogP contribution >= 0.6 is 0 Å². The largest absolute Gasteiger partial charge is 0.311 e. The van der Waals surface area contributed by atoms with Gasteiger partial charge >= 0.3 is 0 Å². The van der Waals surface area contributed by atoms with E-state index in [4.69, 9.17) is 5.10 Å². The van der Waals surface area contributed by atoms with Crippen LogP contribution in [0.25, 0.3) is 0 Å². The second-order valence-corrected chi connectivity index (χ2v) is 6.79. The van der Waals surface area contributed by atoms with Crippen molar-refractivity contribution in [2.75, 3.05) is 13.1 Å². The molecule has 4 nitrogen and oxygen atoms in total. The molecule has 3 rings (SSSR count). The van der Waals surface area contributed by atoms with Gasteiger partial charge in [-0.2, -0.15) is 5.10 Å². The van der Waals surface area contributed by atoms with Gasteiger partial charge in [0.05, 0.1) is 12.4 Å². The van der Waals surface area contributed by atoms with Crippen LogP contribution in [0.5, 0.6) is 0 Å². The van der Waals surface area contributed by atoms with E-state index in [0.717, 1.165) is 39.3 Å². The van der Waals surface area contributed by atoms with Gasteiger partial charge in [0.1, 0.15) is 0 Å². The Balaban J connectivity index is 1.46. The van der Waals surface area contributed by atoms with Crippen LogP contribution in [-0.2, 0) is 26.2 Å². The molecular weight excluding hydrogens is 296 g/mol. The average molecular weight is 326 g/mol. The second-order valence-electron chi connectivity index (χ2n) is 6.79. The Morgan fingerprint density at radius 2 is 2.00 bits per heavy atom. The van der Waals surface area contributed by atoms with Crippen LogP contribution in [0.2, 0.25) is 0 Å². The second kappa shape index (κ2) is 9.00. The van der Waals surface area contributed by atoms with Crippen LogP contribution in [-0.4, -0.2) is 27.8 Å². The third-order valence-corrected chi connectivity index (χ3v) is 4.69. The molecule has 0 bridgehead atoms. The Morgan fingerprint density at radius 1 is 1.12 bits per heavy atom. The molecule has 0 atom stereocenters. The summed E-state index contributed by atoms with van der Waals surface area (Å²) >= 11 is 0. The molecule has 1 aromatic carbocycles. The fraction of sp³-hybridized carbons (Fsp3) is 0.550. The third-order valence-electron chi connectivity index (χ3n) is 4.69. The molecule has 0 unspecified atom stereocenters. The number of nitrogens with zero attached hydrogens (tertiary/aromatic N) is 3. The summed E-state index contributed by atoms with van der Waals surface area (Å²) in [6, 6.07) is 13.0. The lowest BCUT2D eigenvalue weighted by atomic mass is 10.2. The molecule has 1 aromatic heterocycles. The molecule has 0 radical (unpaired) electrons. The highest BCUT2D eigenvalue weighted by Crippen LogP contribution is 2.15. The molecule has 0 spiro atoms. The van der Waals surface area contributed by atoms with Crippen molar-refractivity contribution < 1.29 is 0 Å². The monoisotopic (exact) mass is 326 g/mol. The highest BCUT2D eigenvalue weighted by atomic mass is 15.4. The van der Waals surface area contributed by atoms with Crippen molar-refractivity contribution >= 4 is 0 Å². The SMILES string of the molecule is CCCCCCNCc1cc2n(n1)CN(Cc1ccccc1)CC2. The quantitative estimate of drug-likeness (QED) is 0.715. The molecule has 0 amide bonds. The summed E-state index contributed by atoms with van der Waals surface area (Å²) in [5.41, 5.74) is 3.94. The minimum atomic E-state index is 0.894. The predicted octanol–water partition coefficient (Wildman–Crippen LogP) is 3.57. The smallest absolute Gasteiger partial charge is 0.0935 e. The predicted molar refractivity (Wildman–Crippen MR) is 98.6 cm³/mol. The highest BCUT2D eigenvalue weighted by Gasteiger charge is 2.18. The minimum Gasteiger partial charge on any atom is -0.311 e. The zero-order valence-electron chi connectivity index (χ0n) is 14.9. The Kier molecular flexibility index (Phi) is 6.44. The molecule has 0 saturated carbocycles. The Morgan fingerprint density at radius 3 is 2.83 bits per heavy atom. The molecule has 2 aromatic rings. The summed E-state index contributed by atoms with van der Waals surface area (Å²) in [6.07, 6.45) is 6.34. The van der Waals surface area contributed by atoms with E-state index in [1.807, 2.05) is 0 Å². The van der Waals surface area contributed by atoms with Crippen molar-refractivity contribution in [2.45, 2.75) is 58.8 Å². The van der Waals surface area contributed by atoms with Crippen molar-refractivity contribution in [1.29, 1.82) is 0 Å². The highest BCUT2D eigenvalue weighted by molar-refractivity contribution is 5.16. The van der Waals surface area contributed by atoms with Gasteiger partial charge in [0.15, 0.2) is 0 Å². The number of fused-ring (bicyclic) bond motifs is 1. The Labute approximate surface area is 145 Å². The van der Waals surface area contributed by atoms with Crippen LogP contribution in [0.1, 0.15) is 49.6 Å². The summed E-state index contributed by atoms with van der Waals surface area (Å²) in [5.74, 6) is 0. The van der Waals surface area contributed by atoms with Gasteiger partial charge in [-0.25, -0.2) is 0 Å². The van der Waals surface area contributed by atoms with E-state index < -0.39 is 0 Å². The van der Waals surface area contributed by atoms with E-state index in [0.29, 0.717) is 0 Å². The fourth-order valence-electron chi connectivity index (χ4n) is 3.32. The van der Waals surface area contributed by atoms with Crippen molar-refractivity contribution in [3.8, 4) is 0 Å². The average Bonchev–Trinajstić information content (AvgIpc) is 3.01. The van der Waals surface area contributed by atoms with Crippen LogP contribution < -0.4 is 5.32 Å². The molecule has 1 aliphatic rings. The van der Waals surface area contributed by atoms with Crippen molar-refractivity contribution in [2.24, 2.45) is 0 Å². The van der Waals surface area contributed by atoms with E-state index in [1.54, 1.807) is 0 Å². The minimum absolute atomic E-state index is 0.894. The standard InChI is InChI=1S/C20H30N4/c1-2-3-4-8-12-21-15-19-14-20-11-13-23(17-24(20)22-19)16-18-9-6-5-7-10-18/h5-7,9-10,14,21H,2-4,8,11-13,15-17H2,1H3. The first-order valence-electron chi connectivity index (χ1n) is 9.38. The summed E-state index contributed by atoms with van der Waals surface area (Å²) < 4.78 is 2.18.